The maximum Gasteiger partial charge on any atom is 0.165 e. The lowest BCUT2D eigenvalue weighted by molar-refractivity contribution is 0.477. The number of para-hydroxylation sites is 1. The van der Waals surface area contributed by atoms with Crippen LogP contribution in [0.15, 0.2) is 46.9 Å². The molecule has 0 aliphatic heterocycles. The van der Waals surface area contributed by atoms with Gasteiger partial charge in [0.05, 0.1) is 11.1 Å². The number of hydrogen-bond acceptors (Lipinski definition) is 5. The van der Waals surface area contributed by atoms with E-state index < -0.39 is 0 Å². The van der Waals surface area contributed by atoms with E-state index in [-0.39, 0.29) is 11.8 Å². The first-order valence-corrected chi connectivity index (χ1v) is 8.09. The molecule has 4 N–H and O–H groups in total. The third kappa shape index (κ3) is 3.43. The monoisotopic (exact) mass is 372 g/mol. The summed E-state index contributed by atoms with van der Waals surface area (Å²) in [4.78, 5) is 9.16. The lowest BCUT2D eigenvalue weighted by Gasteiger charge is -2.13. The molecule has 6 heteroatoms. The molecule has 3 rings (SSSR count). The van der Waals surface area contributed by atoms with Crippen LogP contribution in [0, 0.1) is 0 Å². The zero-order valence-corrected chi connectivity index (χ0v) is 14.2. The maximum atomic E-state index is 10.1. The number of phenols is 1. The van der Waals surface area contributed by atoms with Crippen molar-refractivity contribution in [2.45, 2.75) is 13.0 Å². The molecule has 3 aromatic rings. The van der Waals surface area contributed by atoms with Gasteiger partial charge in [-0.1, -0.05) is 28.1 Å². The van der Waals surface area contributed by atoms with Crippen LogP contribution in [0.4, 0.5) is 5.82 Å². The van der Waals surface area contributed by atoms with Crippen molar-refractivity contribution in [1.82, 2.24) is 9.97 Å². The van der Waals surface area contributed by atoms with E-state index in [1.54, 1.807) is 18.2 Å². The molecule has 118 valence electrons. The number of nitrogens with one attached hydrogen (secondary N) is 1. The second-order valence-electron chi connectivity index (χ2n) is 5.43. The lowest BCUT2D eigenvalue weighted by atomic mass is 10.1. The Hall–Kier alpha value is -2.18. The quantitative estimate of drug-likeness (QED) is 0.652. The van der Waals surface area contributed by atoms with Gasteiger partial charge in [0, 0.05) is 22.4 Å². The normalized spacial score (nSPS) is 12.3. The van der Waals surface area contributed by atoms with Crippen molar-refractivity contribution in [3.8, 4) is 17.1 Å². The summed E-state index contributed by atoms with van der Waals surface area (Å²) in [5.74, 6) is 1.32. The summed E-state index contributed by atoms with van der Waals surface area (Å²) in [7, 11) is 0. The van der Waals surface area contributed by atoms with E-state index in [4.69, 9.17) is 5.73 Å². The number of halogens is 1. The van der Waals surface area contributed by atoms with Crippen molar-refractivity contribution in [3.05, 3.63) is 46.9 Å². The Labute approximate surface area is 142 Å². The van der Waals surface area contributed by atoms with Gasteiger partial charge in [-0.2, -0.15) is 0 Å². The largest absolute Gasteiger partial charge is 0.507 e. The van der Waals surface area contributed by atoms with Crippen LogP contribution in [0.3, 0.4) is 0 Å². The summed E-state index contributed by atoms with van der Waals surface area (Å²) in [5, 5.41) is 14.3. The SMILES string of the molecule is C[C@@H](N)CNc1nc(-c2cc(Br)ccc2O)nc2ccccc12. The van der Waals surface area contributed by atoms with Gasteiger partial charge in [-0.25, -0.2) is 9.97 Å². The molecule has 0 amide bonds. The van der Waals surface area contributed by atoms with Crippen molar-refractivity contribution < 1.29 is 5.11 Å². The van der Waals surface area contributed by atoms with Crippen molar-refractivity contribution in [2.75, 3.05) is 11.9 Å². The molecule has 0 aliphatic carbocycles. The summed E-state index contributed by atoms with van der Waals surface area (Å²) < 4.78 is 0.854. The van der Waals surface area contributed by atoms with Gasteiger partial charge in [0.1, 0.15) is 11.6 Å². The van der Waals surface area contributed by atoms with Crippen molar-refractivity contribution in [2.24, 2.45) is 5.73 Å². The predicted molar refractivity (Wildman–Crippen MR) is 96.5 cm³/mol. The van der Waals surface area contributed by atoms with Crippen LogP contribution in [-0.4, -0.2) is 27.7 Å². The van der Waals surface area contributed by atoms with Crippen LogP contribution in [0.2, 0.25) is 0 Å². The lowest BCUT2D eigenvalue weighted by Crippen LogP contribution is -2.25. The standard InChI is InChI=1S/C17H17BrN4O/c1-10(19)9-20-16-12-4-2-3-5-14(12)21-17(22-16)13-8-11(18)6-7-15(13)23/h2-8,10,23H,9,19H2,1H3,(H,20,21,22)/t10-/m1/s1. The minimum absolute atomic E-state index is 0.00597. The molecule has 0 aliphatic rings. The van der Waals surface area contributed by atoms with Gasteiger partial charge in [0.15, 0.2) is 5.82 Å². The molecule has 0 spiro atoms. The molecule has 0 unspecified atom stereocenters. The Morgan fingerprint density at radius 3 is 2.78 bits per heavy atom. The zero-order chi connectivity index (χ0) is 16.4. The summed E-state index contributed by atoms with van der Waals surface area (Å²) in [6.07, 6.45) is 0. The highest BCUT2D eigenvalue weighted by Gasteiger charge is 2.13. The van der Waals surface area contributed by atoms with Gasteiger partial charge in [-0.3, -0.25) is 0 Å². The average Bonchev–Trinajstić information content (AvgIpc) is 2.54. The number of aromatic hydroxyl groups is 1. The Bertz CT molecular complexity index is 851. The molecule has 2 aromatic carbocycles. The minimum Gasteiger partial charge on any atom is -0.507 e. The molecule has 1 aromatic heterocycles. The summed E-state index contributed by atoms with van der Waals surface area (Å²) in [5.41, 5.74) is 7.21. The van der Waals surface area contributed by atoms with Crippen LogP contribution in [0.25, 0.3) is 22.3 Å². The number of anilines is 1. The number of nitrogens with two attached hydrogens (primary N) is 1. The molecule has 23 heavy (non-hydrogen) atoms. The fraction of sp³-hybridized carbons (Fsp3) is 0.176. The highest BCUT2D eigenvalue weighted by molar-refractivity contribution is 9.10. The highest BCUT2D eigenvalue weighted by Crippen LogP contribution is 2.32. The number of aromatic nitrogens is 2. The number of phenolic OH excluding ortho intramolecular Hbond substituents is 1. The third-order valence-corrected chi connectivity index (χ3v) is 3.89. The van der Waals surface area contributed by atoms with Gasteiger partial charge in [0.2, 0.25) is 0 Å². The first-order valence-electron chi connectivity index (χ1n) is 7.29. The zero-order valence-electron chi connectivity index (χ0n) is 12.6. The Kier molecular flexibility index (Phi) is 4.45. The molecular formula is C17H17BrN4O. The van der Waals surface area contributed by atoms with E-state index in [9.17, 15) is 5.11 Å². The first-order chi connectivity index (χ1) is 11.0. The summed E-state index contributed by atoms with van der Waals surface area (Å²) in [6.45, 7) is 2.53. The maximum absolute atomic E-state index is 10.1. The number of benzene rings is 2. The van der Waals surface area contributed by atoms with Crippen LogP contribution < -0.4 is 11.1 Å². The van der Waals surface area contributed by atoms with Gasteiger partial charge in [-0.15, -0.1) is 0 Å². The van der Waals surface area contributed by atoms with Gasteiger partial charge < -0.3 is 16.2 Å². The number of hydrogen-bond donors (Lipinski definition) is 3. The van der Waals surface area contributed by atoms with Crippen LogP contribution in [0.1, 0.15) is 6.92 Å². The van der Waals surface area contributed by atoms with E-state index >= 15 is 0 Å². The molecule has 0 bridgehead atoms. The van der Waals surface area contributed by atoms with E-state index in [0.29, 0.717) is 23.8 Å². The number of nitrogens with zero attached hydrogens (tertiary/aromatic N) is 2. The van der Waals surface area contributed by atoms with Crippen molar-refractivity contribution >= 4 is 32.7 Å². The molecule has 5 nitrogen and oxygen atoms in total. The number of fused-ring (bicyclic) bond motifs is 1. The Morgan fingerprint density at radius 2 is 2.00 bits per heavy atom. The minimum atomic E-state index is 0.00597. The van der Waals surface area contributed by atoms with Crippen LogP contribution >= 0.6 is 15.9 Å². The van der Waals surface area contributed by atoms with E-state index in [1.807, 2.05) is 31.2 Å². The Balaban J connectivity index is 2.16. The topological polar surface area (TPSA) is 84.1 Å². The molecule has 1 heterocycles. The smallest absolute Gasteiger partial charge is 0.165 e. The molecule has 0 saturated carbocycles. The fourth-order valence-corrected chi connectivity index (χ4v) is 2.64. The number of rotatable bonds is 4. The second kappa shape index (κ2) is 6.52. The average molecular weight is 373 g/mol. The van der Waals surface area contributed by atoms with E-state index in [1.165, 1.54) is 0 Å². The second-order valence-corrected chi connectivity index (χ2v) is 6.35. The van der Waals surface area contributed by atoms with E-state index in [2.05, 4.69) is 31.2 Å². The first kappa shape index (κ1) is 15.7. The van der Waals surface area contributed by atoms with Crippen LogP contribution in [-0.2, 0) is 0 Å². The molecule has 1 atom stereocenters. The van der Waals surface area contributed by atoms with E-state index in [0.717, 1.165) is 15.4 Å². The van der Waals surface area contributed by atoms with Crippen molar-refractivity contribution in [1.29, 1.82) is 0 Å². The molecule has 0 fully saturated rings. The van der Waals surface area contributed by atoms with Crippen molar-refractivity contribution in [3.63, 3.8) is 0 Å². The summed E-state index contributed by atoms with van der Waals surface area (Å²) in [6, 6.07) is 13.0. The fourth-order valence-electron chi connectivity index (χ4n) is 2.28. The highest BCUT2D eigenvalue weighted by atomic mass is 79.9. The molecular weight excluding hydrogens is 356 g/mol. The predicted octanol–water partition coefficient (Wildman–Crippen LogP) is 3.52. The van der Waals surface area contributed by atoms with Gasteiger partial charge in [0.25, 0.3) is 0 Å². The van der Waals surface area contributed by atoms with Crippen LogP contribution in [0.5, 0.6) is 5.75 Å². The van der Waals surface area contributed by atoms with Gasteiger partial charge in [-0.05, 0) is 37.3 Å². The van der Waals surface area contributed by atoms with Gasteiger partial charge >= 0.3 is 0 Å². The molecule has 0 saturated heterocycles. The summed E-state index contributed by atoms with van der Waals surface area (Å²) >= 11 is 3.41. The molecule has 0 radical (unpaired) electrons. The Morgan fingerprint density at radius 1 is 1.22 bits per heavy atom. The third-order valence-electron chi connectivity index (χ3n) is 3.39.